The molecule has 1 unspecified atom stereocenters. The number of benzene rings is 3. The predicted octanol–water partition coefficient (Wildman–Crippen LogP) is 5.99. The number of fused-ring (bicyclic) bond motifs is 1. The molecular formula is C27H27FN2O4. The van der Waals surface area contributed by atoms with Gasteiger partial charge in [-0.3, -0.25) is 14.6 Å². The number of anilines is 2. The summed E-state index contributed by atoms with van der Waals surface area (Å²) in [6, 6.07) is 19.5. The van der Waals surface area contributed by atoms with Gasteiger partial charge in [0.2, 0.25) is 0 Å². The lowest BCUT2D eigenvalue weighted by Crippen LogP contribution is -2.41. The Morgan fingerprint density at radius 2 is 1.79 bits per heavy atom. The Balaban J connectivity index is 1.70. The highest BCUT2D eigenvalue weighted by molar-refractivity contribution is 6.11. The molecule has 0 N–H and O–H groups in total. The zero-order valence-electron chi connectivity index (χ0n) is 19.2. The van der Waals surface area contributed by atoms with E-state index in [0.29, 0.717) is 35.7 Å². The fraction of sp³-hybridized carbons (Fsp3) is 0.259. The zero-order chi connectivity index (χ0) is 24.1. The number of halogens is 1. The van der Waals surface area contributed by atoms with Crippen LogP contribution in [-0.2, 0) is 16.1 Å². The lowest BCUT2D eigenvalue weighted by atomic mass is 10.1. The molecule has 1 aliphatic rings. The van der Waals surface area contributed by atoms with Crippen molar-refractivity contribution >= 4 is 23.4 Å². The molecule has 0 spiro atoms. The third-order valence-corrected chi connectivity index (χ3v) is 5.81. The first-order valence-corrected chi connectivity index (χ1v) is 11.3. The monoisotopic (exact) mass is 462 g/mol. The number of carbonyl (C=O) groups is 2. The Labute approximate surface area is 198 Å². The van der Waals surface area contributed by atoms with E-state index in [4.69, 9.17) is 9.47 Å². The maximum absolute atomic E-state index is 13.8. The minimum absolute atomic E-state index is 0.107. The first kappa shape index (κ1) is 23.3. The fourth-order valence-corrected chi connectivity index (χ4v) is 4.07. The van der Waals surface area contributed by atoms with Crippen LogP contribution in [-0.4, -0.2) is 30.6 Å². The highest BCUT2D eigenvalue weighted by Crippen LogP contribution is 2.45. The molecular weight excluding hydrogens is 435 g/mol. The van der Waals surface area contributed by atoms with Crippen LogP contribution in [0, 0.1) is 5.82 Å². The molecule has 0 bridgehead atoms. The lowest BCUT2D eigenvalue weighted by Gasteiger charge is -2.28. The van der Waals surface area contributed by atoms with Gasteiger partial charge in [-0.05, 0) is 54.4 Å². The van der Waals surface area contributed by atoms with Gasteiger partial charge in [-0.25, -0.2) is 9.18 Å². The van der Waals surface area contributed by atoms with Gasteiger partial charge in [-0.1, -0.05) is 43.7 Å². The molecule has 2 amide bonds. The summed E-state index contributed by atoms with van der Waals surface area (Å²) in [4.78, 5) is 30.0. The fourth-order valence-electron chi connectivity index (χ4n) is 4.07. The normalized spacial score (nSPS) is 14.6. The second kappa shape index (κ2) is 10.4. The van der Waals surface area contributed by atoms with E-state index < -0.39 is 18.0 Å². The van der Waals surface area contributed by atoms with Crippen LogP contribution in [0.4, 0.5) is 20.6 Å². The van der Waals surface area contributed by atoms with Crippen LogP contribution in [0.15, 0.2) is 72.8 Å². The number of rotatable bonds is 8. The molecule has 0 aliphatic carbocycles. The summed E-state index contributed by atoms with van der Waals surface area (Å²) in [6.07, 6.45) is 0.987. The summed E-state index contributed by atoms with van der Waals surface area (Å²) in [5.74, 6) is -0.121. The summed E-state index contributed by atoms with van der Waals surface area (Å²) >= 11 is 0. The van der Waals surface area contributed by atoms with Crippen molar-refractivity contribution in [2.24, 2.45) is 0 Å². The SMILES string of the molecule is CCCCN(C(=O)OCc1ccccc1)C1C(=O)N(c2ccc(F)cc2)c2ccc(OC)cc21. The molecule has 0 radical (unpaired) electrons. The number of ether oxygens (including phenoxy) is 2. The quantitative estimate of drug-likeness (QED) is 0.412. The van der Waals surface area contributed by atoms with Gasteiger partial charge in [0.1, 0.15) is 24.2 Å². The Hall–Kier alpha value is -3.87. The molecule has 0 fully saturated rings. The van der Waals surface area contributed by atoms with Crippen LogP contribution in [0.2, 0.25) is 0 Å². The molecule has 1 atom stereocenters. The molecule has 1 heterocycles. The molecule has 34 heavy (non-hydrogen) atoms. The van der Waals surface area contributed by atoms with Crippen LogP contribution < -0.4 is 9.64 Å². The van der Waals surface area contributed by atoms with Crippen molar-refractivity contribution < 1.29 is 23.5 Å². The molecule has 3 aromatic carbocycles. The lowest BCUT2D eigenvalue weighted by molar-refractivity contribution is -0.122. The maximum atomic E-state index is 13.8. The average molecular weight is 463 g/mol. The van der Waals surface area contributed by atoms with E-state index in [1.807, 2.05) is 37.3 Å². The van der Waals surface area contributed by atoms with Crippen molar-refractivity contribution in [3.63, 3.8) is 0 Å². The Bertz CT molecular complexity index is 1150. The Kier molecular flexibility index (Phi) is 7.11. The molecule has 6 nitrogen and oxygen atoms in total. The standard InChI is InChI=1S/C27H27FN2O4/c1-3-4-16-29(27(32)34-18-19-8-6-5-7-9-19)25-23-17-22(33-2)14-15-24(23)30(26(25)31)21-12-10-20(28)11-13-21/h5-15,17,25H,3-4,16,18H2,1-2H3. The topological polar surface area (TPSA) is 59.1 Å². The summed E-state index contributed by atoms with van der Waals surface area (Å²) < 4.78 is 24.6. The summed E-state index contributed by atoms with van der Waals surface area (Å²) in [6.45, 7) is 2.48. The van der Waals surface area contributed by atoms with E-state index in [0.717, 1.165) is 12.0 Å². The van der Waals surface area contributed by atoms with Crippen molar-refractivity contribution in [3.8, 4) is 5.75 Å². The van der Waals surface area contributed by atoms with Crippen LogP contribution >= 0.6 is 0 Å². The predicted molar refractivity (Wildman–Crippen MR) is 128 cm³/mol. The second-order valence-corrected chi connectivity index (χ2v) is 8.06. The molecule has 0 saturated heterocycles. The highest BCUT2D eigenvalue weighted by Gasteiger charge is 2.44. The van der Waals surface area contributed by atoms with E-state index >= 15 is 0 Å². The molecule has 4 rings (SSSR count). The van der Waals surface area contributed by atoms with Crippen molar-refractivity contribution in [1.82, 2.24) is 4.90 Å². The van der Waals surface area contributed by atoms with Crippen molar-refractivity contribution in [1.29, 1.82) is 0 Å². The van der Waals surface area contributed by atoms with Crippen molar-refractivity contribution in [2.45, 2.75) is 32.4 Å². The minimum atomic E-state index is -0.884. The van der Waals surface area contributed by atoms with Gasteiger partial charge < -0.3 is 9.47 Å². The number of nitrogens with zero attached hydrogens (tertiary/aromatic N) is 2. The summed E-state index contributed by atoms with van der Waals surface area (Å²) in [5.41, 5.74) is 2.65. The minimum Gasteiger partial charge on any atom is -0.497 e. The van der Waals surface area contributed by atoms with Crippen LogP contribution in [0.3, 0.4) is 0 Å². The number of hydrogen-bond acceptors (Lipinski definition) is 4. The number of methoxy groups -OCH3 is 1. The summed E-state index contributed by atoms with van der Waals surface area (Å²) in [5, 5.41) is 0. The van der Waals surface area contributed by atoms with Crippen molar-refractivity contribution in [2.75, 3.05) is 18.6 Å². The first-order chi connectivity index (χ1) is 16.5. The van der Waals surface area contributed by atoms with Gasteiger partial charge in [0.15, 0.2) is 0 Å². The van der Waals surface area contributed by atoms with Gasteiger partial charge in [0.25, 0.3) is 5.91 Å². The van der Waals surface area contributed by atoms with Gasteiger partial charge >= 0.3 is 6.09 Å². The molecule has 1 aliphatic heterocycles. The maximum Gasteiger partial charge on any atom is 0.411 e. The molecule has 3 aromatic rings. The van der Waals surface area contributed by atoms with Gasteiger partial charge in [0.05, 0.1) is 12.8 Å². The third kappa shape index (κ3) is 4.73. The van der Waals surface area contributed by atoms with Crippen LogP contribution in [0.1, 0.15) is 36.9 Å². The van der Waals surface area contributed by atoms with Gasteiger partial charge in [0, 0.05) is 17.8 Å². The van der Waals surface area contributed by atoms with E-state index in [1.54, 1.807) is 37.4 Å². The largest absolute Gasteiger partial charge is 0.497 e. The van der Waals surface area contributed by atoms with E-state index in [2.05, 4.69) is 0 Å². The van der Waals surface area contributed by atoms with E-state index in [-0.39, 0.29) is 12.5 Å². The molecule has 176 valence electrons. The van der Waals surface area contributed by atoms with Gasteiger partial charge in [-0.15, -0.1) is 0 Å². The number of unbranched alkanes of at least 4 members (excludes halogenated alkanes) is 1. The zero-order valence-corrected chi connectivity index (χ0v) is 19.2. The number of amides is 2. The first-order valence-electron chi connectivity index (χ1n) is 11.3. The molecule has 0 aromatic heterocycles. The van der Waals surface area contributed by atoms with Crippen LogP contribution in [0.25, 0.3) is 0 Å². The summed E-state index contributed by atoms with van der Waals surface area (Å²) in [7, 11) is 1.55. The van der Waals surface area contributed by atoms with E-state index in [9.17, 15) is 14.0 Å². The highest BCUT2D eigenvalue weighted by atomic mass is 19.1. The average Bonchev–Trinajstić information content (AvgIpc) is 3.15. The Morgan fingerprint density at radius 3 is 2.47 bits per heavy atom. The number of hydrogen-bond donors (Lipinski definition) is 0. The van der Waals surface area contributed by atoms with Crippen molar-refractivity contribution in [3.05, 3.63) is 89.7 Å². The van der Waals surface area contributed by atoms with Crippen LogP contribution in [0.5, 0.6) is 5.75 Å². The van der Waals surface area contributed by atoms with E-state index in [1.165, 1.54) is 21.9 Å². The smallest absolute Gasteiger partial charge is 0.411 e. The Morgan fingerprint density at radius 1 is 1.06 bits per heavy atom. The molecule has 7 heteroatoms. The second-order valence-electron chi connectivity index (χ2n) is 8.06. The number of carbonyl (C=O) groups excluding carboxylic acids is 2. The van der Waals surface area contributed by atoms with Gasteiger partial charge in [-0.2, -0.15) is 0 Å². The third-order valence-electron chi connectivity index (χ3n) is 5.81. The molecule has 0 saturated carbocycles.